The lowest BCUT2D eigenvalue weighted by Crippen LogP contribution is -2.21. The second-order valence-corrected chi connectivity index (χ2v) is 10.2. The summed E-state index contributed by atoms with van der Waals surface area (Å²) in [5, 5.41) is 5.81. The van der Waals surface area contributed by atoms with Crippen LogP contribution >= 0.6 is 0 Å². The zero-order valence-corrected chi connectivity index (χ0v) is 18.8. The summed E-state index contributed by atoms with van der Waals surface area (Å²) in [6, 6.07) is 15.7. The Morgan fingerprint density at radius 1 is 0.667 bits per heavy atom. The molecule has 3 rings (SSSR count). The van der Waals surface area contributed by atoms with Crippen LogP contribution in [0.4, 0.5) is 11.4 Å². The topological polar surface area (TPSA) is 58.2 Å². The highest BCUT2D eigenvalue weighted by atomic mass is 16.2. The second kappa shape index (κ2) is 7.75. The Bertz CT molecular complexity index is 879. The summed E-state index contributed by atoms with van der Waals surface area (Å²) in [7, 11) is 0. The van der Waals surface area contributed by atoms with E-state index in [9.17, 15) is 9.59 Å². The van der Waals surface area contributed by atoms with Crippen LogP contribution in [0.5, 0.6) is 0 Å². The zero-order valence-electron chi connectivity index (χ0n) is 18.8. The first kappa shape index (κ1) is 21.8. The molecule has 2 aromatic rings. The van der Waals surface area contributed by atoms with E-state index in [1.807, 2.05) is 48.5 Å². The molecule has 30 heavy (non-hydrogen) atoms. The maximum Gasteiger partial charge on any atom is 0.232 e. The lowest BCUT2D eigenvalue weighted by Gasteiger charge is -2.19. The maximum absolute atomic E-state index is 12.6. The van der Waals surface area contributed by atoms with Gasteiger partial charge in [-0.2, -0.15) is 0 Å². The van der Waals surface area contributed by atoms with Gasteiger partial charge in [-0.05, 0) is 46.2 Å². The van der Waals surface area contributed by atoms with Crippen LogP contribution in [-0.4, -0.2) is 11.8 Å². The van der Waals surface area contributed by atoms with Crippen LogP contribution in [0, 0.1) is 11.8 Å². The van der Waals surface area contributed by atoms with E-state index in [1.54, 1.807) is 0 Å². The number of anilines is 2. The van der Waals surface area contributed by atoms with Crippen molar-refractivity contribution in [2.45, 2.75) is 52.4 Å². The van der Waals surface area contributed by atoms with Crippen molar-refractivity contribution in [2.24, 2.45) is 11.8 Å². The third-order valence-electron chi connectivity index (χ3n) is 5.63. The summed E-state index contributed by atoms with van der Waals surface area (Å²) in [6.45, 7) is 16.8. The molecule has 0 radical (unpaired) electrons. The minimum atomic E-state index is -0.485. The number of amides is 2. The number of hydrogen-bond acceptors (Lipinski definition) is 2. The number of nitrogens with one attached hydrogen (secondary N) is 2. The van der Waals surface area contributed by atoms with Crippen LogP contribution < -0.4 is 10.6 Å². The normalized spacial score (nSPS) is 18.7. The lowest BCUT2D eigenvalue weighted by atomic mass is 9.87. The van der Waals surface area contributed by atoms with E-state index < -0.39 is 11.8 Å². The summed E-state index contributed by atoms with van der Waals surface area (Å²) in [5.41, 5.74) is 4.62. The van der Waals surface area contributed by atoms with Gasteiger partial charge >= 0.3 is 0 Å². The number of carbonyl (C=O) groups is 2. The van der Waals surface area contributed by atoms with Gasteiger partial charge in [-0.3, -0.25) is 9.59 Å². The molecule has 0 aliphatic heterocycles. The van der Waals surface area contributed by atoms with E-state index in [1.165, 1.54) is 11.1 Å². The van der Waals surface area contributed by atoms with Crippen molar-refractivity contribution in [3.8, 4) is 0 Å². The molecule has 1 saturated carbocycles. The summed E-state index contributed by atoms with van der Waals surface area (Å²) in [4.78, 5) is 25.3. The van der Waals surface area contributed by atoms with E-state index in [2.05, 4.69) is 58.8 Å². The Labute approximate surface area is 179 Å². The van der Waals surface area contributed by atoms with E-state index in [-0.39, 0.29) is 22.6 Å². The molecule has 4 heteroatoms. The van der Waals surface area contributed by atoms with Crippen LogP contribution in [0.1, 0.15) is 52.7 Å². The van der Waals surface area contributed by atoms with Gasteiger partial charge in [-0.1, -0.05) is 78.0 Å². The third-order valence-corrected chi connectivity index (χ3v) is 5.63. The first-order chi connectivity index (χ1) is 13.9. The molecule has 0 aromatic heterocycles. The molecule has 2 amide bonds. The van der Waals surface area contributed by atoms with Crippen molar-refractivity contribution >= 4 is 23.2 Å². The predicted octanol–water partition coefficient (Wildman–Crippen LogP) is 5.66. The fraction of sp³-hybridized carbons (Fsp3) is 0.385. The summed E-state index contributed by atoms with van der Waals surface area (Å²) in [5.74, 6) is -1.35. The Balaban J connectivity index is 1.59. The molecular weight excluding hydrogens is 372 g/mol. The molecule has 0 saturated heterocycles. The van der Waals surface area contributed by atoms with E-state index in [0.717, 1.165) is 11.4 Å². The monoisotopic (exact) mass is 404 g/mol. The SMILES string of the molecule is C=C1[C@H](C(=O)Nc2ccc(C(C)(C)C)cc2)[C@H]1C(=O)Nc1ccc(C(C)(C)C)cc1. The minimum Gasteiger partial charge on any atom is -0.326 e. The van der Waals surface area contributed by atoms with Gasteiger partial charge in [0.25, 0.3) is 0 Å². The van der Waals surface area contributed by atoms with E-state index in [0.29, 0.717) is 5.57 Å². The van der Waals surface area contributed by atoms with Crippen molar-refractivity contribution in [2.75, 3.05) is 10.6 Å². The van der Waals surface area contributed by atoms with Crippen LogP contribution in [0.3, 0.4) is 0 Å². The third kappa shape index (κ3) is 4.81. The molecular formula is C26H32N2O2. The van der Waals surface area contributed by atoms with Crippen LogP contribution in [0.25, 0.3) is 0 Å². The molecule has 2 N–H and O–H groups in total. The van der Waals surface area contributed by atoms with Gasteiger partial charge in [0.15, 0.2) is 0 Å². The maximum atomic E-state index is 12.6. The van der Waals surface area contributed by atoms with Crippen LogP contribution in [0.15, 0.2) is 60.7 Å². The molecule has 0 heterocycles. The van der Waals surface area contributed by atoms with Gasteiger partial charge in [0, 0.05) is 11.4 Å². The molecule has 158 valence electrons. The van der Waals surface area contributed by atoms with Gasteiger partial charge in [0.1, 0.15) is 0 Å². The second-order valence-electron chi connectivity index (χ2n) is 10.2. The average molecular weight is 405 g/mol. The fourth-order valence-corrected chi connectivity index (χ4v) is 3.50. The van der Waals surface area contributed by atoms with Crippen LogP contribution in [0.2, 0.25) is 0 Å². The molecule has 0 bridgehead atoms. The van der Waals surface area contributed by atoms with E-state index in [4.69, 9.17) is 0 Å². The predicted molar refractivity (Wildman–Crippen MR) is 124 cm³/mol. The van der Waals surface area contributed by atoms with Crippen molar-refractivity contribution in [1.29, 1.82) is 0 Å². The number of carbonyl (C=O) groups excluding carboxylic acids is 2. The van der Waals surface area contributed by atoms with E-state index >= 15 is 0 Å². The van der Waals surface area contributed by atoms with Gasteiger partial charge in [-0.25, -0.2) is 0 Å². The highest BCUT2D eigenvalue weighted by molar-refractivity contribution is 6.08. The van der Waals surface area contributed by atoms with Gasteiger partial charge in [0.2, 0.25) is 11.8 Å². The molecule has 0 spiro atoms. The molecule has 1 aliphatic rings. The Morgan fingerprint density at radius 3 is 1.23 bits per heavy atom. The average Bonchev–Trinajstić information content (AvgIpc) is 3.32. The Morgan fingerprint density at radius 2 is 0.967 bits per heavy atom. The van der Waals surface area contributed by atoms with Gasteiger partial charge in [0.05, 0.1) is 11.8 Å². The molecule has 2 aromatic carbocycles. The Hall–Kier alpha value is -2.88. The Kier molecular flexibility index (Phi) is 5.64. The van der Waals surface area contributed by atoms with Crippen LogP contribution in [-0.2, 0) is 20.4 Å². The highest BCUT2D eigenvalue weighted by Gasteiger charge is 2.52. The molecule has 2 atom stereocenters. The quantitative estimate of drug-likeness (QED) is 0.646. The largest absolute Gasteiger partial charge is 0.326 e. The minimum absolute atomic E-state index is 0.0571. The fourth-order valence-electron chi connectivity index (χ4n) is 3.50. The van der Waals surface area contributed by atoms with Crippen molar-refractivity contribution in [3.05, 3.63) is 71.8 Å². The molecule has 0 unspecified atom stereocenters. The molecule has 1 fully saturated rings. The number of benzene rings is 2. The molecule has 4 nitrogen and oxygen atoms in total. The molecule has 1 aliphatic carbocycles. The van der Waals surface area contributed by atoms with Crippen molar-refractivity contribution in [1.82, 2.24) is 0 Å². The summed E-state index contributed by atoms with van der Waals surface area (Å²) in [6.07, 6.45) is 0. The van der Waals surface area contributed by atoms with Crippen molar-refractivity contribution < 1.29 is 9.59 Å². The smallest absolute Gasteiger partial charge is 0.232 e. The zero-order chi connectivity index (χ0) is 22.3. The first-order valence-electron chi connectivity index (χ1n) is 10.4. The number of hydrogen-bond donors (Lipinski definition) is 2. The first-order valence-corrected chi connectivity index (χ1v) is 10.4. The number of rotatable bonds is 4. The summed E-state index contributed by atoms with van der Waals surface area (Å²) < 4.78 is 0. The van der Waals surface area contributed by atoms with Gasteiger partial charge in [-0.15, -0.1) is 0 Å². The standard InChI is InChI=1S/C26H32N2O2/c1-16-21(23(29)27-19-12-8-17(9-13-19)25(2,3)4)22(16)24(30)28-20-14-10-18(11-15-20)26(5,6)7/h8-15,21-22H,1H2,2-7H3,(H,27,29)(H,28,30)/t21-,22-/m0/s1. The lowest BCUT2D eigenvalue weighted by molar-refractivity contribution is -0.122. The van der Waals surface area contributed by atoms with Crippen molar-refractivity contribution in [3.63, 3.8) is 0 Å². The highest BCUT2D eigenvalue weighted by Crippen LogP contribution is 2.45. The van der Waals surface area contributed by atoms with Gasteiger partial charge < -0.3 is 10.6 Å². The summed E-state index contributed by atoms with van der Waals surface area (Å²) >= 11 is 0.